The van der Waals surface area contributed by atoms with Crippen molar-refractivity contribution in [3.05, 3.63) is 35.1 Å². The summed E-state index contributed by atoms with van der Waals surface area (Å²) in [7, 11) is 0. The van der Waals surface area contributed by atoms with Gasteiger partial charge in [0.1, 0.15) is 5.82 Å². The van der Waals surface area contributed by atoms with E-state index in [4.69, 9.17) is 0 Å². The highest BCUT2D eigenvalue weighted by Gasteiger charge is 2.03. The number of carbonyl (C=O) groups excluding carboxylic acids is 2. The molecule has 16 heavy (non-hydrogen) atoms. The van der Waals surface area contributed by atoms with Crippen LogP contribution in [0.15, 0.2) is 18.2 Å². The molecule has 0 aliphatic carbocycles. The topological polar surface area (TPSA) is 34.1 Å². The van der Waals surface area contributed by atoms with E-state index in [0.29, 0.717) is 12.0 Å². The zero-order chi connectivity index (χ0) is 12.0. The molecule has 1 rings (SSSR count). The summed E-state index contributed by atoms with van der Waals surface area (Å²) in [6, 6.07) is 4.20. The summed E-state index contributed by atoms with van der Waals surface area (Å²) in [5.41, 5.74) is 0.307. The number of thioether (sulfide) groups is 1. The van der Waals surface area contributed by atoms with E-state index in [-0.39, 0.29) is 16.2 Å². The highest BCUT2D eigenvalue weighted by Crippen LogP contribution is 2.10. The molecule has 0 atom stereocenters. The average Bonchev–Trinajstić information content (AvgIpc) is 2.25. The third-order valence-electron chi connectivity index (χ3n) is 1.73. The van der Waals surface area contributed by atoms with Crippen LogP contribution >= 0.6 is 11.8 Å². The van der Waals surface area contributed by atoms with Crippen LogP contribution in [-0.2, 0) is 4.79 Å². The maximum absolute atomic E-state index is 13.3. The standard InChI is InChI=1S/C12H9FO2S/c1-9(15)16-7-3-5-11-10(8-14)4-2-6-12(11)13/h2,4,6,8H,7H2,1H3. The molecule has 0 aliphatic heterocycles. The maximum Gasteiger partial charge on any atom is 0.186 e. The number of aldehydes is 1. The first kappa shape index (κ1) is 12.5. The van der Waals surface area contributed by atoms with Crippen molar-refractivity contribution < 1.29 is 14.0 Å². The van der Waals surface area contributed by atoms with Gasteiger partial charge in [-0.3, -0.25) is 9.59 Å². The normalized spacial score (nSPS) is 9.12. The summed E-state index contributed by atoms with van der Waals surface area (Å²) < 4.78 is 13.3. The van der Waals surface area contributed by atoms with Crippen LogP contribution in [-0.4, -0.2) is 17.2 Å². The molecule has 0 spiro atoms. The molecule has 0 saturated carbocycles. The van der Waals surface area contributed by atoms with Gasteiger partial charge in [-0.25, -0.2) is 4.39 Å². The molecular weight excluding hydrogens is 227 g/mol. The molecule has 0 unspecified atom stereocenters. The molecule has 0 fully saturated rings. The SMILES string of the molecule is CC(=O)SCC#Cc1c(F)cccc1C=O. The number of hydrogen-bond donors (Lipinski definition) is 0. The van der Waals surface area contributed by atoms with Crippen molar-refractivity contribution in [3.63, 3.8) is 0 Å². The van der Waals surface area contributed by atoms with Gasteiger partial charge in [0.2, 0.25) is 0 Å². The molecule has 2 nitrogen and oxygen atoms in total. The maximum atomic E-state index is 13.3. The van der Waals surface area contributed by atoms with Gasteiger partial charge in [-0.05, 0) is 6.07 Å². The van der Waals surface area contributed by atoms with Gasteiger partial charge in [-0.1, -0.05) is 35.7 Å². The van der Waals surface area contributed by atoms with Crippen LogP contribution in [0.2, 0.25) is 0 Å². The monoisotopic (exact) mass is 236 g/mol. The van der Waals surface area contributed by atoms with Crippen molar-refractivity contribution in [1.82, 2.24) is 0 Å². The highest BCUT2D eigenvalue weighted by atomic mass is 32.2. The number of carbonyl (C=O) groups is 2. The first-order valence-electron chi connectivity index (χ1n) is 4.51. The number of halogens is 1. The van der Waals surface area contributed by atoms with Crippen molar-refractivity contribution in [2.45, 2.75) is 6.92 Å². The molecule has 0 radical (unpaired) electrons. The van der Waals surface area contributed by atoms with Gasteiger partial charge in [0.15, 0.2) is 11.4 Å². The zero-order valence-electron chi connectivity index (χ0n) is 8.62. The molecule has 1 aromatic rings. The lowest BCUT2D eigenvalue weighted by Crippen LogP contribution is -1.92. The van der Waals surface area contributed by atoms with E-state index in [1.165, 1.54) is 25.1 Å². The Kier molecular flexibility index (Phi) is 4.74. The summed E-state index contributed by atoms with van der Waals surface area (Å²) in [6.07, 6.45) is 0.561. The molecule has 0 aromatic heterocycles. The number of hydrogen-bond acceptors (Lipinski definition) is 3. The molecule has 82 valence electrons. The van der Waals surface area contributed by atoms with Gasteiger partial charge < -0.3 is 0 Å². The van der Waals surface area contributed by atoms with E-state index < -0.39 is 5.82 Å². The fraction of sp³-hybridized carbons (Fsp3) is 0.167. The van der Waals surface area contributed by atoms with Gasteiger partial charge in [0.25, 0.3) is 0 Å². The Morgan fingerprint density at radius 1 is 1.56 bits per heavy atom. The third-order valence-corrected chi connectivity index (χ3v) is 2.43. The summed E-state index contributed by atoms with van der Waals surface area (Å²) in [6.45, 7) is 1.44. The van der Waals surface area contributed by atoms with Crippen molar-refractivity contribution in [2.24, 2.45) is 0 Å². The lowest BCUT2D eigenvalue weighted by molar-refractivity contribution is -0.109. The molecule has 0 bridgehead atoms. The van der Waals surface area contributed by atoms with Crippen LogP contribution in [0.4, 0.5) is 4.39 Å². The van der Waals surface area contributed by atoms with Crippen LogP contribution in [0.1, 0.15) is 22.8 Å². The van der Waals surface area contributed by atoms with E-state index in [0.717, 1.165) is 11.8 Å². The molecular formula is C12H9FO2S. The second-order valence-electron chi connectivity index (χ2n) is 2.90. The average molecular weight is 236 g/mol. The fourth-order valence-corrected chi connectivity index (χ4v) is 1.38. The summed E-state index contributed by atoms with van der Waals surface area (Å²) in [5.74, 6) is 4.97. The van der Waals surface area contributed by atoms with Crippen LogP contribution in [0, 0.1) is 17.7 Å². The number of rotatable bonds is 2. The minimum atomic E-state index is -0.523. The molecule has 4 heteroatoms. The minimum Gasteiger partial charge on any atom is -0.298 e. The van der Waals surface area contributed by atoms with Crippen molar-refractivity contribution >= 4 is 23.2 Å². The lowest BCUT2D eigenvalue weighted by atomic mass is 10.1. The van der Waals surface area contributed by atoms with Crippen LogP contribution in [0.5, 0.6) is 0 Å². The Bertz CT molecular complexity index is 472. The predicted octanol–water partition coefficient (Wildman–Crippen LogP) is 2.27. The second kappa shape index (κ2) is 6.09. The summed E-state index contributed by atoms with van der Waals surface area (Å²) >= 11 is 1.05. The quantitative estimate of drug-likeness (QED) is 0.583. The molecule has 0 N–H and O–H groups in total. The van der Waals surface area contributed by atoms with E-state index >= 15 is 0 Å². The van der Waals surface area contributed by atoms with Crippen molar-refractivity contribution in [1.29, 1.82) is 0 Å². The summed E-state index contributed by atoms with van der Waals surface area (Å²) in [4.78, 5) is 21.2. The molecule has 1 aromatic carbocycles. The fourth-order valence-electron chi connectivity index (χ4n) is 1.03. The Labute approximate surface area is 97.2 Å². The Morgan fingerprint density at radius 2 is 2.31 bits per heavy atom. The van der Waals surface area contributed by atoms with Gasteiger partial charge in [0, 0.05) is 12.5 Å². The van der Waals surface area contributed by atoms with Crippen molar-refractivity contribution in [3.8, 4) is 11.8 Å². The Balaban J connectivity index is 2.87. The smallest absolute Gasteiger partial charge is 0.186 e. The Hall–Kier alpha value is -1.60. The van der Waals surface area contributed by atoms with E-state index in [1.807, 2.05) is 0 Å². The first-order chi connectivity index (χ1) is 7.65. The highest BCUT2D eigenvalue weighted by molar-refractivity contribution is 8.13. The van der Waals surface area contributed by atoms with Gasteiger partial charge in [-0.15, -0.1) is 0 Å². The van der Waals surface area contributed by atoms with E-state index in [9.17, 15) is 14.0 Å². The molecule has 0 aliphatic rings. The van der Waals surface area contributed by atoms with Crippen molar-refractivity contribution in [2.75, 3.05) is 5.75 Å². The number of benzene rings is 1. The van der Waals surface area contributed by atoms with E-state index in [1.54, 1.807) is 0 Å². The predicted molar refractivity (Wildman–Crippen MR) is 61.8 cm³/mol. The van der Waals surface area contributed by atoms with Gasteiger partial charge in [-0.2, -0.15) is 0 Å². The summed E-state index contributed by atoms with van der Waals surface area (Å²) in [5, 5.41) is -0.0431. The van der Waals surface area contributed by atoms with Crippen LogP contribution in [0.3, 0.4) is 0 Å². The first-order valence-corrected chi connectivity index (χ1v) is 5.49. The minimum absolute atomic E-state index is 0.0431. The zero-order valence-corrected chi connectivity index (χ0v) is 9.44. The Morgan fingerprint density at radius 3 is 2.94 bits per heavy atom. The largest absolute Gasteiger partial charge is 0.298 e. The van der Waals surface area contributed by atoms with Gasteiger partial charge >= 0.3 is 0 Å². The molecule has 0 saturated heterocycles. The second-order valence-corrected chi connectivity index (χ2v) is 4.06. The molecule has 0 amide bonds. The van der Waals surface area contributed by atoms with Crippen LogP contribution < -0.4 is 0 Å². The van der Waals surface area contributed by atoms with Gasteiger partial charge in [0.05, 0.1) is 11.3 Å². The molecule has 0 heterocycles. The third kappa shape index (κ3) is 3.52. The lowest BCUT2D eigenvalue weighted by Gasteiger charge is -1.97. The van der Waals surface area contributed by atoms with Crippen LogP contribution in [0.25, 0.3) is 0 Å². The van der Waals surface area contributed by atoms with E-state index in [2.05, 4.69) is 11.8 Å².